The van der Waals surface area contributed by atoms with Crippen LogP contribution in [0.25, 0.3) is 10.9 Å². The number of aryl methyl sites for hydroxylation is 1. The lowest BCUT2D eigenvalue weighted by molar-refractivity contribution is 0.696. The highest BCUT2D eigenvalue weighted by Crippen LogP contribution is 2.39. The van der Waals surface area contributed by atoms with Crippen molar-refractivity contribution in [1.29, 1.82) is 5.26 Å². The maximum absolute atomic E-state index is 9.48. The number of H-pyrrole nitrogens is 1. The van der Waals surface area contributed by atoms with Crippen LogP contribution in [-0.4, -0.2) is 11.2 Å². The topological polar surface area (TPSA) is 51.9 Å². The van der Waals surface area contributed by atoms with E-state index in [1.54, 1.807) is 11.3 Å². The number of aromatic nitrogens is 1. The fraction of sp³-hybridized carbons (Fsp3) is 0.222. The number of aliphatic imine (C=N–C) groups is 1. The molecule has 0 bridgehead atoms. The van der Waals surface area contributed by atoms with Gasteiger partial charge in [0, 0.05) is 20.3 Å². The van der Waals surface area contributed by atoms with Crippen LogP contribution in [0.15, 0.2) is 33.7 Å². The Labute approximate surface area is 146 Å². The third-order valence-electron chi connectivity index (χ3n) is 4.19. The molecule has 5 heteroatoms. The predicted octanol–water partition coefficient (Wildman–Crippen LogP) is 5.49. The third-order valence-corrected chi connectivity index (χ3v) is 5.88. The minimum atomic E-state index is 0.778. The van der Waals surface area contributed by atoms with Crippen LogP contribution in [0.3, 0.4) is 0 Å². The first kappa shape index (κ1) is 14.7. The Morgan fingerprint density at radius 3 is 3.00 bits per heavy atom. The lowest BCUT2D eigenvalue weighted by Crippen LogP contribution is -1.99. The van der Waals surface area contributed by atoms with E-state index in [9.17, 15) is 5.26 Å². The van der Waals surface area contributed by atoms with Gasteiger partial charge in [-0.2, -0.15) is 5.26 Å². The summed E-state index contributed by atoms with van der Waals surface area (Å²) >= 11 is 5.16. The van der Waals surface area contributed by atoms with Crippen LogP contribution in [0.2, 0.25) is 0 Å². The second-order valence-corrected chi connectivity index (χ2v) is 7.72. The zero-order valence-electron chi connectivity index (χ0n) is 12.4. The molecule has 23 heavy (non-hydrogen) atoms. The summed E-state index contributed by atoms with van der Waals surface area (Å²) < 4.78 is 1.06. The number of thiophene rings is 1. The van der Waals surface area contributed by atoms with Crippen molar-refractivity contribution in [3.8, 4) is 6.07 Å². The average molecular weight is 384 g/mol. The third kappa shape index (κ3) is 2.73. The largest absolute Gasteiger partial charge is 0.354 e. The number of halogens is 1. The molecule has 1 aromatic carbocycles. The van der Waals surface area contributed by atoms with Crippen molar-refractivity contribution in [1.82, 2.24) is 4.98 Å². The van der Waals surface area contributed by atoms with E-state index in [1.807, 2.05) is 18.3 Å². The lowest BCUT2D eigenvalue weighted by Gasteiger charge is -2.09. The standard InChI is InChI=1S/C18H14BrN3S/c19-12-5-6-16-11(7-12)8-13(22-16)10-21-18-15(9-20)14-3-1-2-4-17(14)23-18/h5-8,10,22H,1-4H2/b21-10+. The summed E-state index contributed by atoms with van der Waals surface area (Å²) in [6, 6.07) is 10.6. The zero-order valence-corrected chi connectivity index (χ0v) is 14.8. The molecule has 0 fully saturated rings. The van der Waals surface area contributed by atoms with Gasteiger partial charge in [-0.1, -0.05) is 15.9 Å². The van der Waals surface area contributed by atoms with Crippen molar-refractivity contribution in [2.75, 3.05) is 0 Å². The maximum Gasteiger partial charge on any atom is 0.134 e. The monoisotopic (exact) mass is 383 g/mol. The van der Waals surface area contributed by atoms with Gasteiger partial charge < -0.3 is 4.98 Å². The molecule has 1 aliphatic carbocycles. The first-order chi connectivity index (χ1) is 11.2. The van der Waals surface area contributed by atoms with Gasteiger partial charge in [0.25, 0.3) is 0 Å². The molecule has 4 rings (SSSR count). The van der Waals surface area contributed by atoms with Crippen LogP contribution >= 0.6 is 27.3 Å². The van der Waals surface area contributed by atoms with Gasteiger partial charge in [0.1, 0.15) is 11.1 Å². The maximum atomic E-state index is 9.48. The molecule has 114 valence electrons. The summed E-state index contributed by atoms with van der Waals surface area (Å²) in [5, 5.41) is 11.5. The average Bonchev–Trinajstić information content (AvgIpc) is 3.12. The summed E-state index contributed by atoms with van der Waals surface area (Å²) in [5.74, 6) is 0. The number of nitrogens with zero attached hydrogens (tertiary/aromatic N) is 2. The Bertz CT molecular complexity index is 959. The molecule has 0 amide bonds. The van der Waals surface area contributed by atoms with E-state index >= 15 is 0 Å². The second-order valence-electron chi connectivity index (χ2n) is 5.72. The SMILES string of the molecule is N#Cc1c(/N=C/c2cc3cc(Br)ccc3[nH]2)sc2c1CCCC2. The van der Waals surface area contributed by atoms with E-state index in [1.165, 1.54) is 23.3 Å². The smallest absolute Gasteiger partial charge is 0.134 e. The number of rotatable bonds is 2. The molecule has 0 aliphatic heterocycles. The fourth-order valence-electron chi connectivity index (χ4n) is 3.08. The van der Waals surface area contributed by atoms with Crippen molar-refractivity contribution >= 4 is 49.4 Å². The Morgan fingerprint density at radius 2 is 2.13 bits per heavy atom. The minimum absolute atomic E-state index is 0.778. The van der Waals surface area contributed by atoms with Crippen LogP contribution in [0.5, 0.6) is 0 Å². The molecular weight excluding hydrogens is 370 g/mol. The molecule has 3 aromatic rings. The molecule has 2 heterocycles. The Morgan fingerprint density at radius 1 is 1.26 bits per heavy atom. The highest BCUT2D eigenvalue weighted by Gasteiger charge is 2.20. The molecule has 1 N–H and O–H groups in total. The van der Waals surface area contributed by atoms with Gasteiger partial charge in [-0.15, -0.1) is 11.3 Å². The Kier molecular flexibility index (Phi) is 3.80. The van der Waals surface area contributed by atoms with Crippen LogP contribution in [0.4, 0.5) is 5.00 Å². The fourth-order valence-corrected chi connectivity index (χ4v) is 4.64. The van der Waals surface area contributed by atoms with Gasteiger partial charge in [-0.3, -0.25) is 0 Å². The normalized spacial score (nSPS) is 14.3. The van der Waals surface area contributed by atoms with Crippen molar-refractivity contribution in [3.05, 3.63) is 50.4 Å². The summed E-state index contributed by atoms with van der Waals surface area (Å²) in [5.41, 5.74) is 4.05. The number of hydrogen-bond donors (Lipinski definition) is 1. The van der Waals surface area contributed by atoms with Gasteiger partial charge in [-0.25, -0.2) is 4.99 Å². The van der Waals surface area contributed by atoms with Crippen molar-refractivity contribution < 1.29 is 0 Å². The Balaban J connectivity index is 1.70. The molecule has 0 radical (unpaired) electrons. The van der Waals surface area contributed by atoms with E-state index in [-0.39, 0.29) is 0 Å². The molecule has 1 aliphatic rings. The van der Waals surface area contributed by atoms with Crippen molar-refractivity contribution in [2.24, 2.45) is 4.99 Å². The number of nitrogens with one attached hydrogen (secondary N) is 1. The first-order valence-corrected chi connectivity index (χ1v) is 9.22. The molecule has 0 spiro atoms. The number of nitriles is 1. The number of fused-ring (bicyclic) bond motifs is 2. The van der Waals surface area contributed by atoms with Crippen LogP contribution in [0, 0.1) is 11.3 Å². The lowest BCUT2D eigenvalue weighted by atomic mass is 9.96. The van der Waals surface area contributed by atoms with Crippen molar-refractivity contribution in [2.45, 2.75) is 25.7 Å². The quantitative estimate of drug-likeness (QED) is 0.584. The van der Waals surface area contributed by atoms with E-state index < -0.39 is 0 Å². The number of benzene rings is 1. The molecular formula is C18H14BrN3S. The van der Waals surface area contributed by atoms with E-state index in [0.29, 0.717) is 0 Å². The summed E-state index contributed by atoms with van der Waals surface area (Å²) in [4.78, 5) is 9.29. The summed E-state index contributed by atoms with van der Waals surface area (Å²) in [7, 11) is 0. The van der Waals surface area contributed by atoms with Crippen LogP contribution in [0.1, 0.15) is 34.5 Å². The highest BCUT2D eigenvalue weighted by molar-refractivity contribution is 9.10. The molecule has 0 saturated carbocycles. The van der Waals surface area contributed by atoms with Crippen LogP contribution < -0.4 is 0 Å². The van der Waals surface area contributed by atoms with Crippen molar-refractivity contribution in [3.63, 3.8) is 0 Å². The second kappa shape index (κ2) is 5.95. The van der Waals surface area contributed by atoms with Crippen LogP contribution in [-0.2, 0) is 12.8 Å². The summed E-state index contributed by atoms with van der Waals surface area (Å²) in [6.45, 7) is 0. The van der Waals surface area contributed by atoms with E-state index in [4.69, 9.17) is 0 Å². The molecule has 0 saturated heterocycles. The van der Waals surface area contributed by atoms with E-state index in [0.717, 1.165) is 44.5 Å². The molecule has 3 nitrogen and oxygen atoms in total. The zero-order chi connectivity index (χ0) is 15.8. The van der Waals surface area contributed by atoms with Gasteiger partial charge in [0.05, 0.1) is 17.5 Å². The van der Waals surface area contributed by atoms with Gasteiger partial charge >= 0.3 is 0 Å². The Hall–Kier alpha value is -1.90. The molecule has 2 aromatic heterocycles. The summed E-state index contributed by atoms with van der Waals surface area (Å²) in [6.07, 6.45) is 6.33. The number of aromatic amines is 1. The van der Waals surface area contributed by atoms with E-state index in [2.05, 4.69) is 44.1 Å². The van der Waals surface area contributed by atoms with Gasteiger partial charge in [0.15, 0.2) is 0 Å². The minimum Gasteiger partial charge on any atom is -0.354 e. The predicted molar refractivity (Wildman–Crippen MR) is 98.9 cm³/mol. The molecule has 0 unspecified atom stereocenters. The van der Waals surface area contributed by atoms with Gasteiger partial charge in [-0.05, 0) is 55.5 Å². The molecule has 0 atom stereocenters. The first-order valence-electron chi connectivity index (χ1n) is 7.61. The highest BCUT2D eigenvalue weighted by atomic mass is 79.9. The van der Waals surface area contributed by atoms with Gasteiger partial charge in [0.2, 0.25) is 0 Å². The number of hydrogen-bond acceptors (Lipinski definition) is 3.